The van der Waals surface area contributed by atoms with Crippen molar-refractivity contribution in [3.63, 3.8) is 0 Å². The molecule has 72 valence electrons. The van der Waals surface area contributed by atoms with Crippen LogP contribution in [0.15, 0.2) is 17.6 Å². The molecule has 0 saturated carbocycles. The molecule has 0 fully saturated rings. The van der Waals surface area contributed by atoms with Crippen molar-refractivity contribution in [3.8, 4) is 10.7 Å². The van der Waals surface area contributed by atoms with Gasteiger partial charge in [0.05, 0.1) is 0 Å². The second-order valence-corrected chi connectivity index (χ2v) is 4.33. The molecule has 0 atom stereocenters. The van der Waals surface area contributed by atoms with E-state index in [1.807, 2.05) is 13.1 Å². The van der Waals surface area contributed by atoms with Crippen LogP contribution < -0.4 is 0 Å². The Labute approximate surface area is 87.7 Å². The highest BCUT2D eigenvalue weighted by Crippen LogP contribution is 2.24. The van der Waals surface area contributed by atoms with E-state index in [-0.39, 0.29) is 0 Å². The lowest BCUT2D eigenvalue weighted by atomic mass is 10.2. The molecule has 0 amide bonds. The summed E-state index contributed by atoms with van der Waals surface area (Å²) in [5.74, 6) is 0. The van der Waals surface area contributed by atoms with Gasteiger partial charge in [0.1, 0.15) is 10.7 Å². The highest BCUT2D eigenvalue weighted by molar-refractivity contribution is 7.13. The molecule has 0 radical (unpaired) electrons. The summed E-state index contributed by atoms with van der Waals surface area (Å²) >= 11 is 1.65. The molecular weight excluding hydrogens is 192 g/mol. The average molecular weight is 204 g/mol. The molecule has 2 aromatic rings. The molecular formula is C11H12N2S. The Hall–Kier alpha value is -1.22. The van der Waals surface area contributed by atoms with E-state index in [4.69, 9.17) is 0 Å². The predicted molar refractivity (Wildman–Crippen MR) is 59.6 cm³/mol. The van der Waals surface area contributed by atoms with Crippen molar-refractivity contribution in [1.82, 2.24) is 9.97 Å². The third-order valence-corrected chi connectivity index (χ3v) is 3.00. The van der Waals surface area contributed by atoms with Gasteiger partial charge in [0.2, 0.25) is 0 Å². The second kappa shape index (κ2) is 3.50. The molecule has 0 N–H and O–H groups in total. The number of pyridine rings is 1. The molecule has 2 rings (SSSR count). The van der Waals surface area contributed by atoms with Gasteiger partial charge in [-0.1, -0.05) is 6.07 Å². The van der Waals surface area contributed by atoms with Crippen molar-refractivity contribution < 1.29 is 0 Å². The Balaban J connectivity index is 2.52. The van der Waals surface area contributed by atoms with Crippen LogP contribution in [-0.4, -0.2) is 9.97 Å². The average Bonchev–Trinajstić information content (AvgIpc) is 2.51. The zero-order valence-corrected chi connectivity index (χ0v) is 9.35. The summed E-state index contributed by atoms with van der Waals surface area (Å²) in [5, 5.41) is 3.07. The first-order valence-corrected chi connectivity index (χ1v) is 5.40. The quantitative estimate of drug-likeness (QED) is 0.713. The van der Waals surface area contributed by atoms with Crippen LogP contribution in [0.5, 0.6) is 0 Å². The third kappa shape index (κ3) is 1.68. The summed E-state index contributed by atoms with van der Waals surface area (Å²) in [5.41, 5.74) is 4.46. The van der Waals surface area contributed by atoms with Crippen LogP contribution in [0.3, 0.4) is 0 Å². The van der Waals surface area contributed by atoms with Gasteiger partial charge in [0.25, 0.3) is 0 Å². The normalized spacial score (nSPS) is 10.5. The first kappa shape index (κ1) is 9.34. The largest absolute Gasteiger partial charge is 0.253 e. The molecule has 0 aliphatic carbocycles. The fraction of sp³-hybridized carbons (Fsp3) is 0.273. The van der Waals surface area contributed by atoms with Crippen LogP contribution in [0.4, 0.5) is 0 Å². The maximum atomic E-state index is 4.43. The third-order valence-electron chi connectivity index (χ3n) is 2.04. The SMILES string of the molecule is Cc1cnc(-c2nc(C)cs2)c(C)c1. The summed E-state index contributed by atoms with van der Waals surface area (Å²) in [6.07, 6.45) is 1.89. The van der Waals surface area contributed by atoms with E-state index < -0.39 is 0 Å². The molecule has 0 unspecified atom stereocenters. The Morgan fingerprint density at radius 3 is 2.57 bits per heavy atom. The van der Waals surface area contributed by atoms with Gasteiger partial charge in [0, 0.05) is 17.3 Å². The van der Waals surface area contributed by atoms with Crippen molar-refractivity contribution in [2.24, 2.45) is 0 Å². The van der Waals surface area contributed by atoms with Gasteiger partial charge in [0.15, 0.2) is 0 Å². The van der Waals surface area contributed by atoms with E-state index in [1.54, 1.807) is 11.3 Å². The topological polar surface area (TPSA) is 25.8 Å². The first-order chi connectivity index (χ1) is 6.66. The van der Waals surface area contributed by atoms with E-state index in [9.17, 15) is 0 Å². The number of thiazole rings is 1. The smallest absolute Gasteiger partial charge is 0.142 e. The van der Waals surface area contributed by atoms with E-state index >= 15 is 0 Å². The van der Waals surface area contributed by atoms with E-state index in [1.165, 1.54) is 11.1 Å². The number of hydrogen-bond donors (Lipinski definition) is 0. The number of aromatic nitrogens is 2. The highest BCUT2D eigenvalue weighted by Gasteiger charge is 2.06. The van der Waals surface area contributed by atoms with Crippen molar-refractivity contribution >= 4 is 11.3 Å². The minimum Gasteiger partial charge on any atom is -0.253 e. The van der Waals surface area contributed by atoms with Crippen LogP contribution in [-0.2, 0) is 0 Å². The van der Waals surface area contributed by atoms with Crippen LogP contribution >= 0.6 is 11.3 Å². The molecule has 0 spiro atoms. The van der Waals surface area contributed by atoms with Crippen LogP contribution in [0, 0.1) is 20.8 Å². The van der Waals surface area contributed by atoms with Gasteiger partial charge in [-0.25, -0.2) is 4.98 Å². The van der Waals surface area contributed by atoms with Crippen LogP contribution in [0.25, 0.3) is 10.7 Å². The number of nitrogens with zero attached hydrogens (tertiary/aromatic N) is 2. The summed E-state index contributed by atoms with van der Waals surface area (Å²) in [7, 11) is 0. The standard InChI is InChI=1S/C11H12N2S/c1-7-4-8(2)10(12-5-7)11-13-9(3)6-14-11/h4-6H,1-3H3. The summed E-state index contributed by atoms with van der Waals surface area (Å²) in [4.78, 5) is 8.84. The fourth-order valence-corrected chi connectivity index (χ4v) is 2.26. The van der Waals surface area contributed by atoms with Gasteiger partial charge in [-0.3, -0.25) is 4.98 Å². The molecule has 0 aromatic carbocycles. The Bertz CT molecular complexity index is 460. The van der Waals surface area contributed by atoms with Gasteiger partial charge in [-0.05, 0) is 31.9 Å². The maximum absolute atomic E-state index is 4.43. The van der Waals surface area contributed by atoms with E-state index in [2.05, 4.69) is 35.3 Å². The molecule has 0 aliphatic rings. The van der Waals surface area contributed by atoms with Crippen LogP contribution in [0.1, 0.15) is 16.8 Å². The fourth-order valence-electron chi connectivity index (χ4n) is 1.40. The van der Waals surface area contributed by atoms with Gasteiger partial charge in [-0.15, -0.1) is 11.3 Å². The summed E-state index contributed by atoms with van der Waals surface area (Å²) in [6, 6.07) is 2.14. The molecule has 2 heterocycles. The van der Waals surface area contributed by atoms with Gasteiger partial charge in [-0.2, -0.15) is 0 Å². The summed E-state index contributed by atoms with van der Waals surface area (Å²) < 4.78 is 0. The van der Waals surface area contributed by atoms with Crippen molar-refractivity contribution in [1.29, 1.82) is 0 Å². The van der Waals surface area contributed by atoms with E-state index in [0.717, 1.165) is 16.4 Å². The van der Waals surface area contributed by atoms with Crippen molar-refractivity contribution in [2.75, 3.05) is 0 Å². The Morgan fingerprint density at radius 2 is 2.00 bits per heavy atom. The molecule has 2 nitrogen and oxygen atoms in total. The second-order valence-electron chi connectivity index (χ2n) is 3.47. The summed E-state index contributed by atoms with van der Waals surface area (Å²) in [6.45, 7) is 6.13. The first-order valence-electron chi connectivity index (χ1n) is 4.52. The zero-order valence-electron chi connectivity index (χ0n) is 8.53. The van der Waals surface area contributed by atoms with Gasteiger partial charge < -0.3 is 0 Å². The molecule has 3 heteroatoms. The molecule has 14 heavy (non-hydrogen) atoms. The van der Waals surface area contributed by atoms with Gasteiger partial charge >= 0.3 is 0 Å². The lowest BCUT2D eigenvalue weighted by Gasteiger charge is -2.01. The predicted octanol–water partition coefficient (Wildman–Crippen LogP) is 3.13. The molecule has 0 aliphatic heterocycles. The zero-order chi connectivity index (χ0) is 10.1. The van der Waals surface area contributed by atoms with Crippen LogP contribution in [0.2, 0.25) is 0 Å². The highest BCUT2D eigenvalue weighted by atomic mass is 32.1. The molecule has 2 aromatic heterocycles. The molecule has 0 bridgehead atoms. The Kier molecular flexibility index (Phi) is 2.33. The maximum Gasteiger partial charge on any atom is 0.142 e. The van der Waals surface area contributed by atoms with E-state index in [0.29, 0.717) is 0 Å². The minimum atomic E-state index is 1.01. The number of hydrogen-bond acceptors (Lipinski definition) is 3. The Morgan fingerprint density at radius 1 is 1.21 bits per heavy atom. The monoisotopic (exact) mass is 204 g/mol. The van der Waals surface area contributed by atoms with Crippen molar-refractivity contribution in [3.05, 3.63) is 34.5 Å². The molecule has 0 saturated heterocycles. The minimum absolute atomic E-state index is 1.01. The number of aryl methyl sites for hydroxylation is 3. The van der Waals surface area contributed by atoms with Crippen molar-refractivity contribution in [2.45, 2.75) is 20.8 Å². The lowest BCUT2D eigenvalue weighted by Crippen LogP contribution is -1.88. The lowest BCUT2D eigenvalue weighted by molar-refractivity contribution is 1.19. The number of rotatable bonds is 1.